The largest absolute Gasteiger partial charge is 0.336 e. The van der Waals surface area contributed by atoms with E-state index in [-0.39, 0.29) is 17.4 Å². The highest BCUT2D eigenvalue weighted by Crippen LogP contribution is 2.43. The predicted octanol–water partition coefficient (Wildman–Crippen LogP) is 5.71. The highest BCUT2D eigenvalue weighted by molar-refractivity contribution is 9.10. The van der Waals surface area contributed by atoms with Crippen LogP contribution in [0.3, 0.4) is 0 Å². The summed E-state index contributed by atoms with van der Waals surface area (Å²) < 4.78 is 1.06. The maximum atomic E-state index is 12.9. The monoisotopic (exact) mass is 403 g/mol. The molecule has 2 aromatic rings. The van der Waals surface area contributed by atoms with Gasteiger partial charge in [0.1, 0.15) is 0 Å². The van der Waals surface area contributed by atoms with Crippen molar-refractivity contribution in [3.8, 4) is 0 Å². The van der Waals surface area contributed by atoms with Gasteiger partial charge in [0, 0.05) is 27.7 Å². The zero-order chi connectivity index (χ0) is 17.2. The number of likely N-dealkylation sites (tertiary alicyclic amines) is 1. The molecule has 2 nitrogen and oxygen atoms in total. The molecule has 0 N–H and O–H groups in total. The van der Waals surface area contributed by atoms with Gasteiger partial charge in [-0.25, -0.2) is 0 Å². The Balaban J connectivity index is 1.80. The lowest BCUT2D eigenvalue weighted by atomic mass is 9.73. The Morgan fingerprint density at radius 3 is 2.71 bits per heavy atom. The lowest BCUT2D eigenvalue weighted by Gasteiger charge is -2.43. The van der Waals surface area contributed by atoms with E-state index in [9.17, 15) is 4.79 Å². The Morgan fingerprint density at radius 2 is 2.12 bits per heavy atom. The molecule has 1 saturated heterocycles. The van der Waals surface area contributed by atoms with Crippen LogP contribution in [-0.2, 0) is 10.2 Å². The number of hydrogen-bond acceptors (Lipinski definition) is 2. The van der Waals surface area contributed by atoms with Crippen molar-refractivity contribution < 1.29 is 4.79 Å². The van der Waals surface area contributed by atoms with E-state index in [1.807, 2.05) is 23.1 Å². The van der Waals surface area contributed by atoms with E-state index in [0.717, 1.165) is 23.9 Å². The summed E-state index contributed by atoms with van der Waals surface area (Å²) in [6.45, 7) is 6.83. The molecule has 0 unspecified atom stereocenters. The molecule has 1 amide bonds. The summed E-state index contributed by atoms with van der Waals surface area (Å²) in [7, 11) is 0. The van der Waals surface area contributed by atoms with Crippen molar-refractivity contribution >= 4 is 33.2 Å². The minimum absolute atomic E-state index is 0.0665. The van der Waals surface area contributed by atoms with Gasteiger partial charge in [-0.3, -0.25) is 4.79 Å². The highest BCUT2D eigenvalue weighted by atomic mass is 79.9. The van der Waals surface area contributed by atoms with Crippen LogP contribution < -0.4 is 0 Å². The summed E-state index contributed by atoms with van der Waals surface area (Å²) in [6.07, 6.45) is 4.38. The van der Waals surface area contributed by atoms with Crippen LogP contribution in [0, 0.1) is 0 Å². The molecule has 0 saturated carbocycles. The van der Waals surface area contributed by atoms with Crippen LogP contribution in [-0.4, -0.2) is 17.4 Å². The third kappa shape index (κ3) is 3.35. The number of halogens is 1. The third-order valence-electron chi connectivity index (χ3n) is 5.04. The summed E-state index contributed by atoms with van der Waals surface area (Å²) in [6, 6.07) is 12.6. The van der Waals surface area contributed by atoms with Gasteiger partial charge in [-0.1, -0.05) is 40.2 Å². The van der Waals surface area contributed by atoms with Gasteiger partial charge in [0.15, 0.2) is 0 Å². The summed E-state index contributed by atoms with van der Waals surface area (Å²) >= 11 is 5.22. The first-order valence-electron chi connectivity index (χ1n) is 8.25. The quantitative estimate of drug-likeness (QED) is 0.585. The van der Waals surface area contributed by atoms with Gasteiger partial charge >= 0.3 is 0 Å². The van der Waals surface area contributed by atoms with Crippen molar-refractivity contribution in [2.45, 2.75) is 37.6 Å². The first-order chi connectivity index (χ1) is 11.6. The molecule has 3 rings (SSSR count). The van der Waals surface area contributed by atoms with Crippen molar-refractivity contribution in [1.82, 2.24) is 4.90 Å². The second-order valence-electron chi connectivity index (χ2n) is 6.49. The highest BCUT2D eigenvalue weighted by Gasteiger charge is 2.41. The van der Waals surface area contributed by atoms with Crippen molar-refractivity contribution in [3.63, 3.8) is 0 Å². The lowest BCUT2D eigenvalue weighted by Crippen LogP contribution is -2.46. The zero-order valence-corrected chi connectivity index (χ0v) is 16.3. The minimum Gasteiger partial charge on any atom is -0.336 e. The molecule has 2 heterocycles. The van der Waals surface area contributed by atoms with E-state index in [4.69, 9.17) is 0 Å². The van der Waals surface area contributed by atoms with Gasteiger partial charge < -0.3 is 4.90 Å². The normalized spacial score (nSPS) is 22.4. The summed E-state index contributed by atoms with van der Waals surface area (Å²) in [5.41, 5.74) is 1.11. The number of amides is 1. The second kappa shape index (κ2) is 7.24. The predicted molar refractivity (Wildman–Crippen MR) is 104 cm³/mol. The standard InChI is InChI=1S/C20H22BrNOS/c1-3-10-20(18-5-4-13-24-18)11-12-22(19(23)14-20)15(2)16-6-8-17(21)9-7-16/h3-9,13,15H,1,10-12,14H2,2H3/t15-,20+/m0/s1. The molecule has 126 valence electrons. The number of thiophene rings is 1. The Bertz CT molecular complexity index is 710. The number of nitrogens with zero attached hydrogens (tertiary/aromatic N) is 1. The topological polar surface area (TPSA) is 20.3 Å². The van der Waals surface area contributed by atoms with Crippen molar-refractivity contribution in [3.05, 3.63) is 69.3 Å². The van der Waals surface area contributed by atoms with Crippen LogP contribution >= 0.6 is 27.3 Å². The van der Waals surface area contributed by atoms with Gasteiger partial charge in [-0.2, -0.15) is 0 Å². The van der Waals surface area contributed by atoms with E-state index in [2.05, 4.69) is 59.1 Å². The first kappa shape index (κ1) is 17.4. The third-order valence-corrected chi connectivity index (χ3v) is 6.68. The SMILES string of the molecule is C=CC[C@@]1(c2cccs2)CCN([C@@H](C)c2ccc(Br)cc2)C(=O)C1. The molecule has 1 fully saturated rings. The number of carbonyl (C=O) groups excluding carboxylic acids is 1. The average Bonchev–Trinajstić information content (AvgIpc) is 3.10. The van der Waals surface area contributed by atoms with Gasteiger partial charge in [0.25, 0.3) is 0 Å². The Kier molecular flexibility index (Phi) is 5.26. The van der Waals surface area contributed by atoms with E-state index >= 15 is 0 Å². The van der Waals surface area contributed by atoms with E-state index in [1.165, 1.54) is 10.4 Å². The first-order valence-corrected chi connectivity index (χ1v) is 9.93. The summed E-state index contributed by atoms with van der Waals surface area (Å²) in [5.74, 6) is 0.243. The molecule has 24 heavy (non-hydrogen) atoms. The Labute approximate surface area is 156 Å². The molecular weight excluding hydrogens is 382 g/mol. The van der Waals surface area contributed by atoms with Gasteiger partial charge in [0.05, 0.1) is 6.04 Å². The molecule has 1 aliphatic rings. The summed E-state index contributed by atoms with van der Waals surface area (Å²) in [5, 5.41) is 2.10. The van der Waals surface area contributed by atoms with Crippen molar-refractivity contribution in [2.24, 2.45) is 0 Å². The molecule has 0 spiro atoms. The number of rotatable bonds is 5. The molecule has 1 aromatic heterocycles. The van der Waals surface area contributed by atoms with E-state index in [0.29, 0.717) is 6.42 Å². The molecule has 2 atom stereocenters. The fourth-order valence-electron chi connectivity index (χ4n) is 3.61. The number of allylic oxidation sites excluding steroid dienone is 1. The molecule has 0 radical (unpaired) electrons. The molecule has 0 aliphatic carbocycles. The number of carbonyl (C=O) groups is 1. The maximum absolute atomic E-state index is 12.9. The maximum Gasteiger partial charge on any atom is 0.224 e. The van der Waals surface area contributed by atoms with Crippen LogP contribution in [0.25, 0.3) is 0 Å². The zero-order valence-electron chi connectivity index (χ0n) is 13.9. The molecule has 1 aromatic carbocycles. The van der Waals surface area contributed by atoms with Crippen LogP contribution in [0.2, 0.25) is 0 Å². The fourth-order valence-corrected chi connectivity index (χ4v) is 4.84. The second-order valence-corrected chi connectivity index (χ2v) is 8.36. The minimum atomic E-state index is -0.0665. The van der Waals surface area contributed by atoms with E-state index in [1.54, 1.807) is 11.3 Å². The molecule has 1 aliphatic heterocycles. The van der Waals surface area contributed by atoms with Gasteiger partial charge in [0.2, 0.25) is 5.91 Å². The number of piperidine rings is 1. The molecule has 0 bridgehead atoms. The van der Waals surface area contributed by atoms with Crippen molar-refractivity contribution in [2.75, 3.05) is 6.54 Å². The fraction of sp³-hybridized carbons (Fsp3) is 0.350. The van der Waals surface area contributed by atoms with Gasteiger partial charge in [-0.05, 0) is 48.9 Å². The average molecular weight is 404 g/mol. The lowest BCUT2D eigenvalue weighted by molar-refractivity contribution is -0.138. The van der Waals surface area contributed by atoms with Gasteiger partial charge in [-0.15, -0.1) is 17.9 Å². The Hall–Kier alpha value is -1.39. The smallest absolute Gasteiger partial charge is 0.224 e. The van der Waals surface area contributed by atoms with Crippen LogP contribution in [0.15, 0.2) is 58.9 Å². The van der Waals surface area contributed by atoms with Crippen LogP contribution in [0.4, 0.5) is 0 Å². The summed E-state index contributed by atoms with van der Waals surface area (Å²) in [4.78, 5) is 16.3. The number of hydrogen-bond donors (Lipinski definition) is 0. The van der Waals surface area contributed by atoms with Crippen LogP contribution in [0.5, 0.6) is 0 Å². The molecular formula is C20H22BrNOS. The number of benzene rings is 1. The van der Waals surface area contributed by atoms with Crippen molar-refractivity contribution in [1.29, 1.82) is 0 Å². The Morgan fingerprint density at radius 1 is 1.38 bits per heavy atom. The molecule has 4 heteroatoms. The van der Waals surface area contributed by atoms with Crippen LogP contribution in [0.1, 0.15) is 42.7 Å². The van der Waals surface area contributed by atoms with E-state index < -0.39 is 0 Å².